The van der Waals surface area contributed by atoms with Crippen LogP contribution in [-0.2, 0) is 0 Å². The first-order valence-corrected chi connectivity index (χ1v) is 4.48. The van der Waals surface area contributed by atoms with Crippen molar-refractivity contribution in [1.29, 1.82) is 0 Å². The topological polar surface area (TPSA) is 62.5 Å². The van der Waals surface area contributed by atoms with Crippen LogP contribution >= 0.6 is 0 Å². The number of rotatable bonds is 0. The summed E-state index contributed by atoms with van der Waals surface area (Å²) in [6.45, 7) is 1.45. The van der Waals surface area contributed by atoms with Gasteiger partial charge in [-0.3, -0.25) is 0 Å². The third-order valence-corrected chi connectivity index (χ3v) is 3.73. The molecule has 3 aliphatic rings. The van der Waals surface area contributed by atoms with Crippen molar-refractivity contribution in [2.45, 2.75) is 24.4 Å². The van der Waals surface area contributed by atoms with Gasteiger partial charge in [-0.05, 0) is 18.8 Å². The van der Waals surface area contributed by atoms with Crippen LogP contribution in [0.25, 0.3) is 0 Å². The van der Waals surface area contributed by atoms with Crippen molar-refractivity contribution in [3.05, 3.63) is 0 Å². The summed E-state index contributed by atoms with van der Waals surface area (Å²) in [4.78, 5) is 12.2. The predicted molar refractivity (Wildman–Crippen MR) is 42.0 cm³/mol. The molecule has 2 N–H and O–H groups in total. The molecule has 0 aromatic carbocycles. The fourth-order valence-corrected chi connectivity index (χ4v) is 2.77. The minimum absolute atomic E-state index is 0.395. The van der Waals surface area contributed by atoms with Crippen LogP contribution in [0.2, 0.25) is 0 Å². The molecule has 0 radical (unpaired) electrons. The third-order valence-electron chi connectivity index (χ3n) is 3.73. The summed E-state index contributed by atoms with van der Waals surface area (Å²) >= 11 is 0. The number of carbonyl (C=O) groups is 1. The van der Waals surface area contributed by atoms with Gasteiger partial charge in [0.05, 0.1) is 0 Å². The van der Waals surface area contributed by atoms with Crippen molar-refractivity contribution >= 4 is 6.09 Å². The summed E-state index contributed by atoms with van der Waals surface area (Å²) in [7, 11) is 0. The zero-order valence-corrected chi connectivity index (χ0v) is 6.79. The van der Waals surface area contributed by atoms with Gasteiger partial charge in [0.25, 0.3) is 0 Å². The fourth-order valence-electron chi connectivity index (χ4n) is 2.77. The Labute approximate surface area is 70.5 Å². The highest BCUT2D eigenvalue weighted by atomic mass is 16.4. The predicted octanol–water partition coefficient (Wildman–Crippen LogP) is 0.101. The molecule has 1 spiro atoms. The molecule has 3 rings (SSSR count). The molecule has 2 saturated heterocycles. The Balaban J connectivity index is 1.78. The van der Waals surface area contributed by atoms with Gasteiger partial charge in [0.2, 0.25) is 0 Å². The highest BCUT2D eigenvalue weighted by Gasteiger charge is 2.66. The molecule has 3 unspecified atom stereocenters. The molecule has 0 aromatic heterocycles. The Morgan fingerprint density at radius 1 is 1.58 bits per heavy atom. The van der Waals surface area contributed by atoms with E-state index in [-0.39, 0.29) is 0 Å². The number of amides is 1. The van der Waals surface area contributed by atoms with Crippen LogP contribution in [0.5, 0.6) is 0 Å². The molecule has 3 fully saturated rings. The van der Waals surface area contributed by atoms with E-state index in [1.807, 2.05) is 0 Å². The molecule has 4 heteroatoms. The minimum atomic E-state index is -0.760. The highest BCUT2D eigenvalue weighted by Crippen LogP contribution is 2.53. The summed E-state index contributed by atoms with van der Waals surface area (Å²) in [5.41, 5.74) is 0.395. The van der Waals surface area contributed by atoms with Crippen LogP contribution < -0.4 is 5.32 Å². The Kier molecular flexibility index (Phi) is 0.987. The smallest absolute Gasteiger partial charge is 0.407 e. The standard InChI is InChI=1S/C8H12N2O2/c11-7(12)10-3-5-1-2-8(5)6(4-10)9-8/h5-6,9H,1-4H2,(H,11,12). The summed E-state index contributed by atoms with van der Waals surface area (Å²) < 4.78 is 0. The minimum Gasteiger partial charge on any atom is -0.465 e. The van der Waals surface area contributed by atoms with Gasteiger partial charge in [-0.2, -0.15) is 0 Å². The van der Waals surface area contributed by atoms with Gasteiger partial charge in [-0.15, -0.1) is 0 Å². The highest BCUT2D eigenvalue weighted by molar-refractivity contribution is 5.65. The van der Waals surface area contributed by atoms with E-state index in [9.17, 15) is 4.79 Å². The lowest BCUT2D eigenvalue weighted by atomic mass is 9.68. The average Bonchev–Trinajstić information content (AvgIpc) is 2.70. The SMILES string of the molecule is O=C(O)N1CC2CCC23NC3C1. The van der Waals surface area contributed by atoms with Crippen LogP contribution in [0, 0.1) is 5.92 Å². The summed E-state index contributed by atoms with van der Waals surface area (Å²) in [6, 6.07) is 0.473. The molecule has 1 aliphatic carbocycles. The maximum absolute atomic E-state index is 10.7. The molecule has 0 aromatic rings. The monoisotopic (exact) mass is 168 g/mol. The van der Waals surface area contributed by atoms with E-state index in [1.54, 1.807) is 4.90 Å². The van der Waals surface area contributed by atoms with Crippen LogP contribution in [0.3, 0.4) is 0 Å². The van der Waals surface area contributed by atoms with Crippen molar-refractivity contribution < 1.29 is 9.90 Å². The normalized spacial score (nSPS) is 48.8. The largest absolute Gasteiger partial charge is 0.465 e. The van der Waals surface area contributed by atoms with Crippen LogP contribution in [-0.4, -0.2) is 40.8 Å². The van der Waals surface area contributed by atoms with Gasteiger partial charge in [0, 0.05) is 24.7 Å². The maximum atomic E-state index is 10.7. The number of piperidine rings is 1. The fraction of sp³-hybridized carbons (Fsp3) is 0.875. The first kappa shape index (κ1) is 6.71. The van der Waals surface area contributed by atoms with Crippen molar-refractivity contribution in [3.8, 4) is 0 Å². The average molecular weight is 168 g/mol. The summed E-state index contributed by atoms with van der Waals surface area (Å²) in [5, 5.41) is 12.2. The molecule has 0 bridgehead atoms. The molecule has 2 heterocycles. The number of likely N-dealkylation sites (tertiary alicyclic amines) is 1. The lowest BCUT2D eigenvalue weighted by Crippen LogP contribution is -2.53. The van der Waals surface area contributed by atoms with Gasteiger partial charge in [0.15, 0.2) is 0 Å². The van der Waals surface area contributed by atoms with E-state index in [4.69, 9.17) is 5.11 Å². The van der Waals surface area contributed by atoms with Gasteiger partial charge >= 0.3 is 6.09 Å². The van der Waals surface area contributed by atoms with Crippen LogP contribution in [0.4, 0.5) is 4.79 Å². The molecule has 1 amide bonds. The number of hydrogen-bond donors (Lipinski definition) is 2. The Morgan fingerprint density at radius 2 is 2.42 bits per heavy atom. The first-order chi connectivity index (χ1) is 5.72. The molecule has 2 aliphatic heterocycles. The molecule has 66 valence electrons. The third kappa shape index (κ3) is 0.602. The van der Waals surface area contributed by atoms with Gasteiger partial charge < -0.3 is 15.3 Å². The second-order valence-corrected chi connectivity index (χ2v) is 4.16. The van der Waals surface area contributed by atoms with E-state index in [2.05, 4.69) is 5.32 Å². The van der Waals surface area contributed by atoms with Crippen LogP contribution in [0.1, 0.15) is 12.8 Å². The first-order valence-electron chi connectivity index (χ1n) is 4.48. The number of carboxylic acid groups (broad SMARTS) is 1. The van der Waals surface area contributed by atoms with E-state index >= 15 is 0 Å². The van der Waals surface area contributed by atoms with E-state index < -0.39 is 6.09 Å². The lowest BCUT2D eigenvalue weighted by molar-refractivity contribution is 0.0840. The Morgan fingerprint density at radius 3 is 2.92 bits per heavy atom. The second-order valence-electron chi connectivity index (χ2n) is 4.16. The summed E-state index contributed by atoms with van der Waals surface area (Å²) in [5.74, 6) is 0.604. The van der Waals surface area contributed by atoms with Crippen molar-refractivity contribution in [2.24, 2.45) is 5.92 Å². The number of nitrogens with zero attached hydrogens (tertiary/aromatic N) is 1. The molecular weight excluding hydrogens is 156 g/mol. The molecular formula is C8H12N2O2. The molecule has 3 atom stereocenters. The number of nitrogens with one attached hydrogen (secondary N) is 1. The van der Waals surface area contributed by atoms with Gasteiger partial charge in [-0.1, -0.05) is 0 Å². The Hall–Kier alpha value is -0.770. The maximum Gasteiger partial charge on any atom is 0.407 e. The van der Waals surface area contributed by atoms with E-state index in [0.29, 0.717) is 24.0 Å². The Bertz CT molecular complexity index is 255. The lowest BCUT2D eigenvalue weighted by Gasteiger charge is -2.43. The van der Waals surface area contributed by atoms with Crippen molar-refractivity contribution in [1.82, 2.24) is 10.2 Å². The van der Waals surface area contributed by atoms with Crippen molar-refractivity contribution in [2.75, 3.05) is 13.1 Å². The quantitative estimate of drug-likeness (QED) is 0.504. The summed E-state index contributed by atoms with van der Waals surface area (Å²) in [6.07, 6.45) is 1.70. The van der Waals surface area contributed by atoms with Gasteiger partial charge in [-0.25, -0.2) is 4.79 Å². The van der Waals surface area contributed by atoms with E-state index in [1.165, 1.54) is 12.8 Å². The van der Waals surface area contributed by atoms with Gasteiger partial charge in [0.1, 0.15) is 0 Å². The zero-order valence-electron chi connectivity index (χ0n) is 6.79. The van der Waals surface area contributed by atoms with Crippen LogP contribution in [0.15, 0.2) is 0 Å². The second kappa shape index (κ2) is 1.76. The molecule has 12 heavy (non-hydrogen) atoms. The van der Waals surface area contributed by atoms with Crippen molar-refractivity contribution in [3.63, 3.8) is 0 Å². The molecule has 4 nitrogen and oxygen atoms in total. The number of hydrogen-bond acceptors (Lipinski definition) is 2. The van der Waals surface area contributed by atoms with E-state index in [0.717, 1.165) is 6.54 Å². The zero-order chi connectivity index (χ0) is 8.34. The molecule has 1 saturated carbocycles.